The molecule has 2 heterocycles. The molecule has 1 aliphatic heterocycles. The van der Waals surface area contributed by atoms with E-state index in [9.17, 15) is 9.59 Å². The van der Waals surface area contributed by atoms with Crippen molar-refractivity contribution in [2.75, 3.05) is 19.7 Å². The van der Waals surface area contributed by atoms with Crippen LogP contribution in [-0.4, -0.2) is 46.3 Å². The highest BCUT2D eigenvalue weighted by atomic mass is 16.5. The SMILES string of the molecule is CCCc1c(C(=O)N2CCC[C@H](C(=O)OCC)C2)cnn1-c1cccc(C)c1. The standard InChI is InChI=1S/C22H29N3O3/c1-4-8-20-19(14-23-25(20)18-11-6-9-16(3)13-18)21(26)24-12-7-10-17(15-24)22(27)28-5-2/h6,9,11,13-14,17H,4-5,7-8,10,12,15H2,1-3H3/t17-/m0/s1. The Morgan fingerprint density at radius 1 is 1.29 bits per heavy atom. The van der Waals surface area contributed by atoms with Gasteiger partial charge in [-0.25, -0.2) is 4.68 Å². The summed E-state index contributed by atoms with van der Waals surface area (Å²) in [4.78, 5) is 27.1. The van der Waals surface area contributed by atoms with Gasteiger partial charge in [0.1, 0.15) is 0 Å². The van der Waals surface area contributed by atoms with Gasteiger partial charge in [0.25, 0.3) is 5.91 Å². The first kappa shape index (κ1) is 20.1. The smallest absolute Gasteiger partial charge is 0.310 e. The lowest BCUT2D eigenvalue weighted by molar-refractivity contribution is -0.149. The third-order valence-corrected chi connectivity index (χ3v) is 5.16. The quantitative estimate of drug-likeness (QED) is 0.716. The van der Waals surface area contributed by atoms with Crippen LogP contribution in [0.5, 0.6) is 0 Å². The second-order valence-electron chi connectivity index (χ2n) is 7.35. The van der Waals surface area contributed by atoms with Gasteiger partial charge in [-0.05, 0) is 50.8 Å². The maximum atomic E-state index is 13.3. The molecule has 1 amide bonds. The molecule has 0 radical (unpaired) electrons. The number of likely N-dealkylation sites (tertiary alicyclic amines) is 1. The number of ether oxygens (including phenoxy) is 1. The Kier molecular flexibility index (Phi) is 6.49. The molecule has 1 fully saturated rings. The number of carbonyl (C=O) groups is 2. The summed E-state index contributed by atoms with van der Waals surface area (Å²) in [5, 5.41) is 4.52. The van der Waals surface area contributed by atoms with E-state index in [2.05, 4.69) is 18.1 Å². The molecule has 150 valence electrons. The van der Waals surface area contributed by atoms with Crippen molar-refractivity contribution in [2.45, 2.75) is 46.5 Å². The molecule has 0 aliphatic carbocycles. The zero-order chi connectivity index (χ0) is 20.1. The minimum atomic E-state index is -0.237. The van der Waals surface area contributed by atoms with Gasteiger partial charge in [0.15, 0.2) is 0 Å². The van der Waals surface area contributed by atoms with Crippen LogP contribution in [-0.2, 0) is 16.0 Å². The van der Waals surface area contributed by atoms with Crippen molar-refractivity contribution >= 4 is 11.9 Å². The van der Waals surface area contributed by atoms with Gasteiger partial charge >= 0.3 is 5.97 Å². The van der Waals surface area contributed by atoms with Gasteiger partial charge in [0.05, 0.1) is 35.7 Å². The Labute approximate surface area is 166 Å². The molecule has 2 aromatic rings. The van der Waals surface area contributed by atoms with Crippen molar-refractivity contribution in [2.24, 2.45) is 5.92 Å². The first-order valence-electron chi connectivity index (χ1n) is 10.1. The molecule has 1 aromatic heterocycles. The minimum absolute atomic E-state index is 0.0450. The minimum Gasteiger partial charge on any atom is -0.466 e. The second kappa shape index (κ2) is 9.04. The van der Waals surface area contributed by atoms with Crippen molar-refractivity contribution < 1.29 is 14.3 Å². The molecule has 6 heteroatoms. The van der Waals surface area contributed by atoms with E-state index in [0.29, 0.717) is 25.3 Å². The number of aryl methyl sites for hydroxylation is 1. The highest BCUT2D eigenvalue weighted by Crippen LogP contribution is 2.23. The van der Waals surface area contributed by atoms with E-state index in [0.717, 1.165) is 42.6 Å². The summed E-state index contributed by atoms with van der Waals surface area (Å²) >= 11 is 0. The molecule has 0 bridgehead atoms. The van der Waals surface area contributed by atoms with Crippen molar-refractivity contribution in [1.82, 2.24) is 14.7 Å². The summed E-state index contributed by atoms with van der Waals surface area (Å²) in [6.07, 6.45) is 4.94. The molecule has 0 unspecified atom stereocenters. The average molecular weight is 383 g/mol. The van der Waals surface area contributed by atoms with E-state index in [4.69, 9.17) is 4.74 Å². The van der Waals surface area contributed by atoms with E-state index >= 15 is 0 Å². The monoisotopic (exact) mass is 383 g/mol. The molecule has 1 atom stereocenters. The number of esters is 1. The van der Waals surface area contributed by atoms with Crippen molar-refractivity contribution in [3.8, 4) is 5.69 Å². The van der Waals surface area contributed by atoms with Gasteiger partial charge in [0.2, 0.25) is 0 Å². The predicted molar refractivity (Wildman–Crippen MR) is 108 cm³/mol. The number of hydrogen-bond acceptors (Lipinski definition) is 4. The van der Waals surface area contributed by atoms with Crippen molar-refractivity contribution in [3.05, 3.63) is 47.3 Å². The zero-order valence-electron chi connectivity index (χ0n) is 17.0. The molecular weight excluding hydrogens is 354 g/mol. The fourth-order valence-corrected chi connectivity index (χ4v) is 3.80. The molecule has 3 rings (SSSR count). The van der Waals surface area contributed by atoms with Crippen LogP contribution in [0.25, 0.3) is 5.69 Å². The van der Waals surface area contributed by atoms with Crippen LogP contribution in [0, 0.1) is 12.8 Å². The first-order chi connectivity index (χ1) is 13.5. The van der Waals surface area contributed by atoms with Gasteiger partial charge < -0.3 is 9.64 Å². The lowest BCUT2D eigenvalue weighted by Crippen LogP contribution is -2.43. The highest BCUT2D eigenvalue weighted by Gasteiger charge is 2.31. The van der Waals surface area contributed by atoms with Gasteiger partial charge in [-0.1, -0.05) is 25.5 Å². The van der Waals surface area contributed by atoms with Crippen LogP contribution in [0.4, 0.5) is 0 Å². The number of benzene rings is 1. The number of carbonyl (C=O) groups excluding carboxylic acids is 2. The number of amides is 1. The normalized spacial score (nSPS) is 16.8. The largest absolute Gasteiger partial charge is 0.466 e. The molecule has 28 heavy (non-hydrogen) atoms. The van der Waals surface area contributed by atoms with Crippen LogP contribution < -0.4 is 0 Å². The van der Waals surface area contributed by atoms with Gasteiger partial charge in [-0.3, -0.25) is 9.59 Å². The van der Waals surface area contributed by atoms with E-state index in [1.54, 1.807) is 18.0 Å². The molecule has 0 N–H and O–H groups in total. The van der Waals surface area contributed by atoms with Crippen LogP contribution in [0.1, 0.15) is 54.7 Å². The highest BCUT2D eigenvalue weighted by molar-refractivity contribution is 5.95. The summed E-state index contributed by atoms with van der Waals surface area (Å²) in [5.41, 5.74) is 3.67. The molecule has 1 saturated heterocycles. The molecular formula is C22H29N3O3. The average Bonchev–Trinajstić information content (AvgIpc) is 3.11. The second-order valence-corrected chi connectivity index (χ2v) is 7.35. The lowest BCUT2D eigenvalue weighted by Gasteiger charge is -2.31. The van der Waals surface area contributed by atoms with Gasteiger partial charge in [-0.15, -0.1) is 0 Å². The van der Waals surface area contributed by atoms with Gasteiger partial charge in [0, 0.05) is 13.1 Å². The van der Waals surface area contributed by atoms with Crippen LogP contribution in [0.2, 0.25) is 0 Å². The Hall–Kier alpha value is -2.63. The molecule has 1 aliphatic rings. The lowest BCUT2D eigenvalue weighted by atomic mass is 9.97. The number of nitrogens with zero attached hydrogens (tertiary/aromatic N) is 3. The first-order valence-corrected chi connectivity index (χ1v) is 10.1. The predicted octanol–water partition coefficient (Wildman–Crippen LogP) is 3.55. The number of aromatic nitrogens is 2. The van der Waals surface area contributed by atoms with E-state index in [-0.39, 0.29) is 17.8 Å². The van der Waals surface area contributed by atoms with Crippen LogP contribution in [0.3, 0.4) is 0 Å². The number of piperidine rings is 1. The molecule has 1 aromatic carbocycles. The number of rotatable bonds is 6. The summed E-state index contributed by atoms with van der Waals surface area (Å²) < 4.78 is 7.03. The Morgan fingerprint density at radius 2 is 2.11 bits per heavy atom. The molecule has 6 nitrogen and oxygen atoms in total. The molecule has 0 saturated carbocycles. The third kappa shape index (κ3) is 4.26. The fraction of sp³-hybridized carbons (Fsp3) is 0.500. The van der Waals surface area contributed by atoms with Crippen LogP contribution >= 0.6 is 0 Å². The molecule has 0 spiro atoms. The van der Waals surface area contributed by atoms with E-state index in [1.165, 1.54) is 0 Å². The number of hydrogen-bond donors (Lipinski definition) is 0. The third-order valence-electron chi connectivity index (χ3n) is 5.16. The summed E-state index contributed by atoms with van der Waals surface area (Å²) in [6, 6.07) is 8.11. The van der Waals surface area contributed by atoms with Crippen molar-refractivity contribution in [1.29, 1.82) is 0 Å². The maximum absolute atomic E-state index is 13.3. The topological polar surface area (TPSA) is 64.4 Å². The fourth-order valence-electron chi connectivity index (χ4n) is 3.80. The van der Waals surface area contributed by atoms with E-state index < -0.39 is 0 Å². The van der Waals surface area contributed by atoms with Gasteiger partial charge in [-0.2, -0.15) is 5.10 Å². The van der Waals surface area contributed by atoms with Crippen molar-refractivity contribution in [3.63, 3.8) is 0 Å². The maximum Gasteiger partial charge on any atom is 0.310 e. The summed E-state index contributed by atoms with van der Waals surface area (Å²) in [5.74, 6) is -0.486. The summed E-state index contributed by atoms with van der Waals surface area (Å²) in [7, 11) is 0. The Morgan fingerprint density at radius 3 is 2.82 bits per heavy atom. The summed E-state index contributed by atoms with van der Waals surface area (Å²) in [6.45, 7) is 7.39. The van der Waals surface area contributed by atoms with E-state index in [1.807, 2.05) is 29.8 Å². The van der Waals surface area contributed by atoms with Crippen LogP contribution in [0.15, 0.2) is 30.5 Å². The Balaban J connectivity index is 1.86. The zero-order valence-corrected chi connectivity index (χ0v) is 17.0. The Bertz CT molecular complexity index is 843.